The van der Waals surface area contributed by atoms with Gasteiger partial charge in [0, 0.05) is 19.5 Å². The van der Waals surface area contributed by atoms with E-state index in [1.807, 2.05) is 26.0 Å². The summed E-state index contributed by atoms with van der Waals surface area (Å²) in [6.07, 6.45) is 1.72. The van der Waals surface area contributed by atoms with Crippen molar-refractivity contribution in [2.24, 2.45) is 11.7 Å². The first-order valence-electron chi connectivity index (χ1n) is 7.16. The molecule has 0 radical (unpaired) electrons. The number of sulfonamides is 1. The second-order valence-electron chi connectivity index (χ2n) is 5.79. The largest absolute Gasteiger partial charge is 0.370 e. The molecule has 1 aliphatic rings. The Labute approximate surface area is 126 Å². The molecule has 0 saturated carbocycles. The van der Waals surface area contributed by atoms with Crippen molar-refractivity contribution in [3.63, 3.8) is 0 Å². The van der Waals surface area contributed by atoms with Gasteiger partial charge in [0.1, 0.15) is 0 Å². The average Bonchev–Trinajstić information content (AvgIpc) is 2.38. The molecule has 0 aliphatic carbocycles. The third-order valence-corrected chi connectivity index (χ3v) is 6.07. The zero-order chi connectivity index (χ0) is 15.6. The summed E-state index contributed by atoms with van der Waals surface area (Å²) < 4.78 is 26.9. The molecule has 1 fully saturated rings. The maximum absolute atomic E-state index is 12.7. The van der Waals surface area contributed by atoms with Crippen molar-refractivity contribution in [3.8, 4) is 0 Å². The fourth-order valence-corrected chi connectivity index (χ4v) is 4.54. The van der Waals surface area contributed by atoms with Crippen LogP contribution < -0.4 is 5.73 Å². The van der Waals surface area contributed by atoms with Crippen LogP contribution in [0, 0.1) is 19.8 Å². The Morgan fingerprint density at radius 2 is 1.90 bits per heavy atom. The van der Waals surface area contributed by atoms with Gasteiger partial charge in [0.2, 0.25) is 15.9 Å². The predicted molar refractivity (Wildman–Crippen MR) is 81.2 cm³/mol. The minimum Gasteiger partial charge on any atom is -0.370 e. The van der Waals surface area contributed by atoms with E-state index in [2.05, 4.69) is 0 Å². The number of carbonyl (C=O) groups is 1. The zero-order valence-electron chi connectivity index (χ0n) is 12.5. The Morgan fingerprint density at radius 3 is 2.43 bits per heavy atom. The van der Waals surface area contributed by atoms with Gasteiger partial charge in [-0.1, -0.05) is 17.7 Å². The Balaban J connectivity index is 2.13. The zero-order valence-corrected chi connectivity index (χ0v) is 13.3. The molecule has 1 aromatic rings. The van der Waals surface area contributed by atoms with E-state index in [0.29, 0.717) is 37.2 Å². The smallest absolute Gasteiger partial charge is 0.243 e. The fourth-order valence-electron chi connectivity index (χ4n) is 2.87. The van der Waals surface area contributed by atoms with E-state index in [1.54, 1.807) is 6.07 Å². The summed E-state index contributed by atoms with van der Waals surface area (Å²) in [5.41, 5.74) is 7.02. The molecule has 2 rings (SSSR count). The van der Waals surface area contributed by atoms with Crippen LogP contribution >= 0.6 is 0 Å². The predicted octanol–water partition coefficient (Wildman–Crippen LogP) is 1.58. The van der Waals surface area contributed by atoms with E-state index in [1.165, 1.54) is 4.31 Å². The molecule has 2 N–H and O–H groups in total. The Kier molecular flexibility index (Phi) is 4.68. The third-order valence-electron chi connectivity index (χ3n) is 4.01. The number of carbonyl (C=O) groups excluding carboxylic acids is 1. The number of rotatable bonds is 4. The standard InChI is InChI=1S/C15H22N2O3S/c1-11-3-4-14(12(2)9-11)21(19,20)17-7-5-13(6-8-17)10-15(16)18/h3-4,9,13H,5-8,10H2,1-2H3,(H2,16,18). The Hall–Kier alpha value is -1.40. The molecule has 6 heteroatoms. The fraction of sp³-hybridized carbons (Fsp3) is 0.533. The van der Waals surface area contributed by atoms with E-state index in [9.17, 15) is 13.2 Å². The summed E-state index contributed by atoms with van der Waals surface area (Å²) >= 11 is 0. The van der Waals surface area contributed by atoms with Crippen LogP contribution in [0.15, 0.2) is 23.1 Å². The number of amides is 1. The highest BCUT2D eigenvalue weighted by Gasteiger charge is 2.30. The van der Waals surface area contributed by atoms with E-state index < -0.39 is 10.0 Å². The summed E-state index contributed by atoms with van der Waals surface area (Å²) in [5, 5.41) is 0. The number of nitrogens with two attached hydrogens (primary N) is 1. The quantitative estimate of drug-likeness (QED) is 0.917. The van der Waals surface area contributed by atoms with Gasteiger partial charge >= 0.3 is 0 Å². The van der Waals surface area contributed by atoms with Gasteiger partial charge in [-0.25, -0.2) is 8.42 Å². The number of nitrogens with zero attached hydrogens (tertiary/aromatic N) is 1. The molecular weight excluding hydrogens is 288 g/mol. The number of benzene rings is 1. The molecule has 1 aliphatic heterocycles. The molecular formula is C15H22N2O3S. The van der Waals surface area contributed by atoms with Crippen LogP contribution in [0.25, 0.3) is 0 Å². The topological polar surface area (TPSA) is 80.5 Å². The van der Waals surface area contributed by atoms with Crippen molar-refractivity contribution in [2.75, 3.05) is 13.1 Å². The Morgan fingerprint density at radius 1 is 1.29 bits per heavy atom. The van der Waals surface area contributed by atoms with Crippen LogP contribution in [-0.2, 0) is 14.8 Å². The van der Waals surface area contributed by atoms with E-state index in [0.717, 1.165) is 11.1 Å². The van der Waals surface area contributed by atoms with Crippen molar-refractivity contribution in [3.05, 3.63) is 29.3 Å². The summed E-state index contributed by atoms with van der Waals surface area (Å²) in [7, 11) is -3.44. The SMILES string of the molecule is Cc1ccc(S(=O)(=O)N2CCC(CC(N)=O)CC2)c(C)c1. The number of piperidine rings is 1. The number of hydrogen-bond acceptors (Lipinski definition) is 3. The van der Waals surface area contributed by atoms with E-state index in [4.69, 9.17) is 5.73 Å². The molecule has 0 aromatic heterocycles. The van der Waals surface area contributed by atoms with Crippen LogP contribution in [0.1, 0.15) is 30.4 Å². The Bertz CT molecular complexity index is 632. The first-order chi connectivity index (χ1) is 9.80. The van der Waals surface area contributed by atoms with Gasteiger partial charge < -0.3 is 5.73 Å². The first kappa shape index (κ1) is 16.0. The molecule has 5 nitrogen and oxygen atoms in total. The monoisotopic (exact) mass is 310 g/mol. The lowest BCUT2D eigenvalue weighted by Crippen LogP contribution is -2.39. The van der Waals surface area contributed by atoms with Gasteiger partial charge in [-0.2, -0.15) is 4.31 Å². The van der Waals surface area contributed by atoms with Crippen LogP contribution in [0.4, 0.5) is 0 Å². The highest BCUT2D eigenvalue weighted by atomic mass is 32.2. The van der Waals surface area contributed by atoms with Gasteiger partial charge in [0.05, 0.1) is 4.90 Å². The van der Waals surface area contributed by atoms with Crippen molar-refractivity contribution in [1.82, 2.24) is 4.31 Å². The summed E-state index contributed by atoms with van der Waals surface area (Å²) in [6, 6.07) is 5.38. The first-order valence-corrected chi connectivity index (χ1v) is 8.60. The van der Waals surface area contributed by atoms with Gasteiger partial charge in [-0.05, 0) is 44.2 Å². The van der Waals surface area contributed by atoms with Gasteiger partial charge in [0.25, 0.3) is 0 Å². The lowest BCUT2D eigenvalue weighted by atomic mass is 9.94. The number of primary amides is 1. The maximum atomic E-state index is 12.7. The van der Waals surface area contributed by atoms with Crippen molar-refractivity contribution in [1.29, 1.82) is 0 Å². The second-order valence-corrected chi connectivity index (χ2v) is 7.69. The highest BCUT2D eigenvalue weighted by molar-refractivity contribution is 7.89. The highest BCUT2D eigenvalue weighted by Crippen LogP contribution is 2.27. The van der Waals surface area contributed by atoms with Crippen molar-refractivity contribution >= 4 is 15.9 Å². The lowest BCUT2D eigenvalue weighted by molar-refractivity contribution is -0.119. The molecule has 1 heterocycles. The van der Waals surface area contributed by atoms with Crippen LogP contribution in [0.2, 0.25) is 0 Å². The maximum Gasteiger partial charge on any atom is 0.243 e. The minimum atomic E-state index is -3.44. The van der Waals surface area contributed by atoms with Gasteiger partial charge in [-0.15, -0.1) is 0 Å². The lowest BCUT2D eigenvalue weighted by Gasteiger charge is -2.31. The molecule has 0 spiro atoms. The molecule has 1 aromatic carbocycles. The molecule has 116 valence electrons. The number of aryl methyl sites for hydroxylation is 2. The summed E-state index contributed by atoms with van der Waals surface area (Å²) in [5.74, 6) is -0.112. The van der Waals surface area contributed by atoms with Gasteiger partial charge in [-0.3, -0.25) is 4.79 Å². The third kappa shape index (κ3) is 3.63. The second kappa shape index (κ2) is 6.15. The van der Waals surface area contributed by atoms with Crippen LogP contribution in [-0.4, -0.2) is 31.7 Å². The molecule has 0 bridgehead atoms. The molecule has 0 unspecified atom stereocenters. The number of hydrogen-bond donors (Lipinski definition) is 1. The average molecular weight is 310 g/mol. The van der Waals surface area contributed by atoms with Crippen molar-refractivity contribution < 1.29 is 13.2 Å². The minimum absolute atomic E-state index is 0.202. The van der Waals surface area contributed by atoms with E-state index in [-0.39, 0.29) is 11.8 Å². The molecule has 21 heavy (non-hydrogen) atoms. The van der Waals surface area contributed by atoms with Crippen LogP contribution in [0.3, 0.4) is 0 Å². The molecule has 1 amide bonds. The molecule has 0 atom stereocenters. The molecule has 1 saturated heterocycles. The van der Waals surface area contributed by atoms with E-state index >= 15 is 0 Å². The van der Waals surface area contributed by atoms with Gasteiger partial charge in [0.15, 0.2) is 0 Å². The summed E-state index contributed by atoms with van der Waals surface area (Å²) in [4.78, 5) is 11.3. The normalized spacial score (nSPS) is 17.8. The van der Waals surface area contributed by atoms with Crippen LogP contribution in [0.5, 0.6) is 0 Å². The summed E-state index contributed by atoms with van der Waals surface area (Å²) in [6.45, 7) is 4.67. The van der Waals surface area contributed by atoms with Crippen molar-refractivity contribution in [2.45, 2.75) is 38.0 Å².